The van der Waals surface area contributed by atoms with Gasteiger partial charge in [0.1, 0.15) is 12.6 Å². The molecule has 0 bridgehead atoms. The number of rotatable bonds is 2. The molecule has 0 aliphatic carbocycles. The highest BCUT2D eigenvalue weighted by molar-refractivity contribution is 5.76. The van der Waals surface area contributed by atoms with Gasteiger partial charge in [0.25, 0.3) is 0 Å². The molecule has 1 aliphatic heterocycles. The zero-order valence-corrected chi connectivity index (χ0v) is 9.09. The van der Waals surface area contributed by atoms with Crippen molar-refractivity contribution in [1.82, 2.24) is 14.7 Å². The summed E-state index contributed by atoms with van der Waals surface area (Å²) in [6.45, 7) is 1.94. The fourth-order valence-electron chi connectivity index (χ4n) is 1.89. The Hall–Kier alpha value is -1.83. The third kappa shape index (κ3) is 2.40. The van der Waals surface area contributed by atoms with Crippen molar-refractivity contribution in [3.8, 4) is 6.07 Å². The molecule has 0 spiro atoms. The number of likely N-dealkylation sites (tertiary alicyclic amines) is 1. The number of nitrogens with zero attached hydrogens (tertiary/aromatic N) is 4. The summed E-state index contributed by atoms with van der Waals surface area (Å²) in [5, 5.41) is 12.6. The molecule has 1 fully saturated rings. The molecule has 0 atom stereocenters. The molecule has 0 saturated carbocycles. The van der Waals surface area contributed by atoms with E-state index in [-0.39, 0.29) is 12.5 Å². The molecular formula is C11H14N4O. The number of hydrogen-bond donors (Lipinski definition) is 0. The SMILES string of the molecule is N#Cc1cnn(CC(=O)N2CCCCC2)c1. The van der Waals surface area contributed by atoms with E-state index in [1.807, 2.05) is 11.0 Å². The van der Waals surface area contributed by atoms with Crippen LogP contribution in [0.1, 0.15) is 24.8 Å². The van der Waals surface area contributed by atoms with E-state index >= 15 is 0 Å². The van der Waals surface area contributed by atoms with Crippen LogP contribution in [0.25, 0.3) is 0 Å². The molecule has 0 unspecified atom stereocenters. The van der Waals surface area contributed by atoms with Gasteiger partial charge in [0.2, 0.25) is 5.91 Å². The fraction of sp³-hybridized carbons (Fsp3) is 0.545. The smallest absolute Gasteiger partial charge is 0.244 e. The molecule has 84 valence electrons. The van der Waals surface area contributed by atoms with Gasteiger partial charge in [-0.15, -0.1) is 0 Å². The standard InChI is InChI=1S/C11H14N4O/c12-6-10-7-13-15(8-10)9-11(16)14-4-2-1-3-5-14/h7-8H,1-5,9H2. The predicted molar refractivity (Wildman–Crippen MR) is 57.4 cm³/mol. The van der Waals surface area contributed by atoms with Gasteiger partial charge in [-0.1, -0.05) is 0 Å². The minimum Gasteiger partial charge on any atom is -0.341 e. The first-order chi connectivity index (χ1) is 7.79. The molecule has 0 radical (unpaired) electrons. The van der Waals surface area contributed by atoms with E-state index in [4.69, 9.17) is 5.26 Å². The van der Waals surface area contributed by atoms with Crippen molar-refractivity contribution in [3.63, 3.8) is 0 Å². The van der Waals surface area contributed by atoms with Crippen LogP contribution >= 0.6 is 0 Å². The van der Waals surface area contributed by atoms with E-state index in [1.54, 1.807) is 6.20 Å². The molecule has 0 N–H and O–H groups in total. The Labute approximate surface area is 94.3 Å². The van der Waals surface area contributed by atoms with Crippen molar-refractivity contribution in [3.05, 3.63) is 18.0 Å². The van der Waals surface area contributed by atoms with Crippen LogP contribution in [0.3, 0.4) is 0 Å². The number of aromatic nitrogens is 2. The summed E-state index contributed by atoms with van der Waals surface area (Å²) in [7, 11) is 0. The molecule has 1 aromatic rings. The van der Waals surface area contributed by atoms with E-state index in [1.165, 1.54) is 17.3 Å². The van der Waals surface area contributed by atoms with Gasteiger partial charge in [0.15, 0.2) is 0 Å². The van der Waals surface area contributed by atoms with E-state index in [9.17, 15) is 4.79 Å². The number of piperidine rings is 1. The number of carbonyl (C=O) groups is 1. The Bertz CT molecular complexity index is 412. The van der Waals surface area contributed by atoms with Crippen molar-refractivity contribution in [1.29, 1.82) is 5.26 Å². The monoisotopic (exact) mass is 218 g/mol. The maximum absolute atomic E-state index is 11.8. The fourth-order valence-corrected chi connectivity index (χ4v) is 1.89. The second kappa shape index (κ2) is 4.79. The van der Waals surface area contributed by atoms with Crippen LogP contribution in [0.2, 0.25) is 0 Å². The van der Waals surface area contributed by atoms with Crippen molar-refractivity contribution in [2.24, 2.45) is 0 Å². The lowest BCUT2D eigenvalue weighted by atomic mass is 10.1. The topological polar surface area (TPSA) is 61.9 Å². The molecule has 0 aromatic carbocycles. The van der Waals surface area contributed by atoms with Gasteiger partial charge in [-0.25, -0.2) is 0 Å². The summed E-state index contributed by atoms with van der Waals surface area (Å²) < 4.78 is 1.52. The van der Waals surface area contributed by atoms with Crippen LogP contribution in [-0.2, 0) is 11.3 Å². The zero-order valence-electron chi connectivity index (χ0n) is 9.09. The molecule has 5 nitrogen and oxygen atoms in total. The van der Waals surface area contributed by atoms with Crippen LogP contribution < -0.4 is 0 Å². The first-order valence-electron chi connectivity index (χ1n) is 5.50. The van der Waals surface area contributed by atoms with Crippen molar-refractivity contribution < 1.29 is 4.79 Å². The summed E-state index contributed by atoms with van der Waals surface area (Å²) in [6.07, 6.45) is 6.47. The molecule has 5 heteroatoms. The lowest BCUT2D eigenvalue weighted by Gasteiger charge is -2.26. The minimum absolute atomic E-state index is 0.0901. The number of carbonyl (C=O) groups excluding carboxylic acids is 1. The van der Waals surface area contributed by atoms with E-state index in [0.717, 1.165) is 25.9 Å². The Balaban J connectivity index is 1.93. The van der Waals surface area contributed by atoms with Crippen LogP contribution in [0.15, 0.2) is 12.4 Å². The van der Waals surface area contributed by atoms with E-state index < -0.39 is 0 Å². The molecular weight excluding hydrogens is 204 g/mol. The molecule has 1 amide bonds. The maximum atomic E-state index is 11.8. The van der Waals surface area contributed by atoms with Crippen molar-refractivity contribution >= 4 is 5.91 Å². The van der Waals surface area contributed by atoms with Crippen LogP contribution in [0.4, 0.5) is 0 Å². The maximum Gasteiger partial charge on any atom is 0.244 e. The Morgan fingerprint density at radius 3 is 2.81 bits per heavy atom. The van der Waals surface area contributed by atoms with Gasteiger partial charge in [-0.05, 0) is 19.3 Å². The molecule has 2 heterocycles. The molecule has 1 aromatic heterocycles. The summed E-state index contributed by atoms with van der Waals surface area (Å²) >= 11 is 0. The summed E-state index contributed by atoms with van der Waals surface area (Å²) in [4.78, 5) is 13.7. The number of hydrogen-bond acceptors (Lipinski definition) is 3. The largest absolute Gasteiger partial charge is 0.341 e. The molecule has 16 heavy (non-hydrogen) atoms. The Morgan fingerprint density at radius 2 is 2.19 bits per heavy atom. The Morgan fingerprint density at radius 1 is 1.44 bits per heavy atom. The second-order valence-electron chi connectivity index (χ2n) is 3.98. The van der Waals surface area contributed by atoms with Gasteiger partial charge in [0.05, 0.1) is 11.8 Å². The van der Waals surface area contributed by atoms with Gasteiger partial charge < -0.3 is 4.90 Å². The van der Waals surface area contributed by atoms with Crippen molar-refractivity contribution in [2.45, 2.75) is 25.8 Å². The quantitative estimate of drug-likeness (QED) is 0.736. The zero-order chi connectivity index (χ0) is 11.4. The molecule has 1 aliphatic rings. The predicted octanol–water partition coefficient (Wildman–Crippen LogP) is 0.767. The van der Waals surface area contributed by atoms with E-state index in [2.05, 4.69) is 5.10 Å². The molecule has 1 saturated heterocycles. The second-order valence-corrected chi connectivity index (χ2v) is 3.98. The van der Waals surface area contributed by atoms with Gasteiger partial charge >= 0.3 is 0 Å². The number of nitriles is 1. The third-order valence-electron chi connectivity index (χ3n) is 2.77. The average molecular weight is 218 g/mol. The van der Waals surface area contributed by atoms with E-state index in [0.29, 0.717) is 5.56 Å². The first-order valence-corrected chi connectivity index (χ1v) is 5.50. The lowest BCUT2D eigenvalue weighted by molar-refractivity contribution is -0.132. The van der Waals surface area contributed by atoms with Crippen LogP contribution in [-0.4, -0.2) is 33.7 Å². The van der Waals surface area contributed by atoms with Crippen LogP contribution in [0.5, 0.6) is 0 Å². The highest BCUT2D eigenvalue weighted by Gasteiger charge is 2.16. The Kier molecular flexibility index (Phi) is 3.20. The summed E-state index contributed by atoms with van der Waals surface area (Å²) in [5.74, 6) is 0.0901. The van der Waals surface area contributed by atoms with Gasteiger partial charge in [-0.2, -0.15) is 10.4 Å². The summed E-state index contributed by atoms with van der Waals surface area (Å²) in [5.41, 5.74) is 0.492. The van der Waals surface area contributed by atoms with Crippen molar-refractivity contribution in [2.75, 3.05) is 13.1 Å². The molecule has 2 rings (SSSR count). The average Bonchev–Trinajstić information content (AvgIpc) is 2.78. The highest BCUT2D eigenvalue weighted by atomic mass is 16.2. The normalized spacial score (nSPS) is 15.8. The van der Waals surface area contributed by atoms with Gasteiger partial charge in [-0.3, -0.25) is 9.48 Å². The van der Waals surface area contributed by atoms with Crippen LogP contribution in [0, 0.1) is 11.3 Å². The van der Waals surface area contributed by atoms with Gasteiger partial charge in [0, 0.05) is 19.3 Å². The third-order valence-corrected chi connectivity index (χ3v) is 2.77. The first kappa shape index (κ1) is 10.7. The highest BCUT2D eigenvalue weighted by Crippen LogP contribution is 2.09. The number of amides is 1. The minimum atomic E-state index is 0.0901. The summed E-state index contributed by atoms with van der Waals surface area (Å²) in [6, 6.07) is 1.99. The lowest BCUT2D eigenvalue weighted by Crippen LogP contribution is -2.37.